The number of amides is 2. The first-order valence-electron chi connectivity index (χ1n) is 6.94. The Morgan fingerprint density at radius 2 is 1.79 bits per heavy atom. The minimum atomic E-state index is -0.378. The van der Waals surface area contributed by atoms with Crippen LogP contribution in [0.2, 0.25) is 0 Å². The van der Waals surface area contributed by atoms with Gasteiger partial charge in [-0.25, -0.2) is 0 Å². The minimum Gasteiger partial charge on any atom is -0.267 e. The molecule has 7 heteroatoms. The highest BCUT2D eigenvalue weighted by Crippen LogP contribution is 2.31. The number of thioether (sulfide) groups is 1. The molecule has 120 valence electrons. The van der Waals surface area contributed by atoms with Crippen molar-refractivity contribution in [2.75, 3.05) is 0 Å². The summed E-state index contributed by atoms with van der Waals surface area (Å²) in [4.78, 5) is 25.1. The summed E-state index contributed by atoms with van der Waals surface area (Å²) in [5, 5.41) is 1.11. The summed E-state index contributed by atoms with van der Waals surface area (Å²) in [6.45, 7) is 0. The number of benzene rings is 2. The summed E-state index contributed by atoms with van der Waals surface area (Å²) < 4.78 is 1.26. The first-order chi connectivity index (χ1) is 11.5. The molecule has 2 aromatic carbocycles. The van der Waals surface area contributed by atoms with Crippen LogP contribution in [-0.4, -0.2) is 21.1 Å². The van der Waals surface area contributed by atoms with Crippen LogP contribution in [0, 0.1) is 0 Å². The molecule has 2 amide bonds. The van der Waals surface area contributed by atoms with Gasteiger partial charge in [-0.15, -0.1) is 0 Å². The molecule has 1 heterocycles. The quantitative estimate of drug-likeness (QED) is 0.604. The average Bonchev–Trinajstić information content (AvgIpc) is 2.85. The summed E-state index contributed by atoms with van der Waals surface area (Å²) in [5.41, 5.74) is 3.90. The topological polar surface area (TPSA) is 49.4 Å². The van der Waals surface area contributed by atoms with E-state index in [0.29, 0.717) is 14.8 Å². The van der Waals surface area contributed by atoms with Crippen LogP contribution in [0.15, 0.2) is 64.0 Å². The Morgan fingerprint density at radius 1 is 1.12 bits per heavy atom. The standard InChI is InChI=1S/C17H11BrN2O2S2/c18-13-8-6-11(7-9-13)10-14-16(22)20(17(23)24-14)19-15(21)12-4-2-1-3-5-12/h1-10H,(H,19,21)/b14-10+. The third-order valence-electron chi connectivity index (χ3n) is 3.21. The van der Waals surface area contributed by atoms with Crippen LogP contribution < -0.4 is 5.43 Å². The van der Waals surface area contributed by atoms with E-state index in [4.69, 9.17) is 12.2 Å². The number of rotatable bonds is 3. The van der Waals surface area contributed by atoms with E-state index in [9.17, 15) is 9.59 Å². The highest BCUT2D eigenvalue weighted by molar-refractivity contribution is 9.10. The maximum atomic E-state index is 12.5. The molecule has 0 unspecified atom stereocenters. The van der Waals surface area contributed by atoms with Crippen LogP contribution in [0.5, 0.6) is 0 Å². The van der Waals surface area contributed by atoms with E-state index < -0.39 is 0 Å². The van der Waals surface area contributed by atoms with Crippen molar-refractivity contribution < 1.29 is 9.59 Å². The number of hydrogen-bond donors (Lipinski definition) is 1. The highest BCUT2D eigenvalue weighted by Gasteiger charge is 2.33. The van der Waals surface area contributed by atoms with Crippen molar-refractivity contribution in [3.8, 4) is 0 Å². The second kappa shape index (κ2) is 7.29. The molecule has 0 bridgehead atoms. The number of carbonyl (C=O) groups is 2. The van der Waals surface area contributed by atoms with Gasteiger partial charge >= 0.3 is 0 Å². The molecular weight excluding hydrogens is 408 g/mol. The van der Waals surface area contributed by atoms with Gasteiger partial charge in [0.05, 0.1) is 4.91 Å². The molecule has 4 nitrogen and oxygen atoms in total. The predicted molar refractivity (Wildman–Crippen MR) is 103 cm³/mol. The van der Waals surface area contributed by atoms with E-state index in [1.807, 2.05) is 30.3 Å². The molecule has 2 aromatic rings. The van der Waals surface area contributed by atoms with Crippen LogP contribution in [0.4, 0.5) is 0 Å². The van der Waals surface area contributed by atoms with Gasteiger partial charge in [-0.1, -0.05) is 58.0 Å². The predicted octanol–water partition coefficient (Wildman–Crippen LogP) is 4.00. The van der Waals surface area contributed by atoms with Gasteiger partial charge in [0, 0.05) is 10.0 Å². The highest BCUT2D eigenvalue weighted by atomic mass is 79.9. The Bertz CT molecular complexity index is 835. The van der Waals surface area contributed by atoms with Gasteiger partial charge in [0.15, 0.2) is 4.32 Å². The Balaban J connectivity index is 1.77. The van der Waals surface area contributed by atoms with Gasteiger partial charge in [-0.3, -0.25) is 15.0 Å². The molecule has 0 saturated carbocycles. The van der Waals surface area contributed by atoms with Crippen LogP contribution in [0.3, 0.4) is 0 Å². The molecule has 24 heavy (non-hydrogen) atoms. The molecule has 1 fully saturated rings. The van der Waals surface area contributed by atoms with Crippen molar-refractivity contribution in [2.24, 2.45) is 0 Å². The van der Waals surface area contributed by atoms with Crippen LogP contribution >= 0.6 is 39.9 Å². The lowest BCUT2D eigenvalue weighted by molar-refractivity contribution is -0.123. The van der Waals surface area contributed by atoms with Crippen molar-refractivity contribution in [2.45, 2.75) is 0 Å². The Morgan fingerprint density at radius 3 is 2.46 bits per heavy atom. The first kappa shape index (κ1) is 16.9. The Labute approximate surface area is 157 Å². The lowest BCUT2D eigenvalue weighted by atomic mass is 10.2. The van der Waals surface area contributed by atoms with Gasteiger partial charge < -0.3 is 0 Å². The summed E-state index contributed by atoms with van der Waals surface area (Å²) in [7, 11) is 0. The van der Waals surface area contributed by atoms with Gasteiger partial charge in [0.2, 0.25) is 0 Å². The van der Waals surface area contributed by atoms with E-state index in [1.54, 1.807) is 30.3 Å². The van der Waals surface area contributed by atoms with Crippen molar-refractivity contribution >= 4 is 62.1 Å². The van der Waals surface area contributed by atoms with Gasteiger partial charge in [-0.2, -0.15) is 5.01 Å². The normalized spacial score (nSPS) is 15.9. The maximum absolute atomic E-state index is 12.5. The monoisotopic (exact) mass is 418 g/mol. The molecule has 0 spiro atoms. The van der Waals surface area contributed by atoms with Crippen molar-refractivity contribution in [3.63, 3.8) is 0 Å². The van der Waals surface area contributed by atoms with Gasteiger partial charge in [0.25, 0.3) is 11.8 Å². The zero-order valence-corrected chi connectivity index (χ0v) is 15.5. The Hall–Kier alpha value is -1.96. The fourth-order valence-corrected chi connectivity index (χ4v) is 3.47. The summed E-state index contributed by atoms with van der Waals surface area (Å²) in [5.74, 6) is -0.714. The lowest BCUT2D eigenvalue weighted by Gasteiger charge is -2.15. The van der Waals surface area contributed by atoms with Crippen molar-refractivity contribution in [3.05, 3.63) is 75.1 Å². The van der Waals surface area contributed by atoms with Gasteiger partial charge in [0.1, 0.15) is 0 Å². The molecular formula is C17H11BrN2O2S2. The van der Waals surface area contributed by atoms with Gasteiger partial charge in [-0.05, 0) is 48.1 Å². The van der Waals surface area contributed by atoms with E-state index in [2.05, 4.69) is 21.4 Å². The first-order valence-corrected chi connectivity index (χ1v) is 8.96. The summed E-state index contributed by atoms with van der Waals surface area (Å²) in [6, 6.07) is 16.2. The molecule has 0 radical (unpaired) electrons. The Kier molecular flexibility index (Phi) is 5.13. The van der Waals surface area contributed by atoms with Crippen LogP contribution in [0.1, 0.15) is 15.9 Å². The number of carbonyl (C=O) groups excluding carboxylic acids is 2. The molecule has 0 aromatic heterocycles. The van der Waals surface area contributed by atoms with Crippen molar-refractivity contribution in [1.82, 2.24) is 10.4 Å². The van der Waals surface area contributed by atoms with E-state index >= 15 is 0 Å². The van der Waals surface area contributed by atoms with E-state index in [1.165, 1.54) is 0 Å². The summed E-state index contributed by atoms with van der Waals surface area (Å²) in [6.07, 6.45) is 1.75. The second-order valence-corrected chi connectivity index (χ2v) is 7.47. The fraction of sp³-hybridized carbons (Fsp3) is 0. The summed E-state index contributed by atoms with van der Waals surface area (Å²) >= 11 is 9.73. The number of nitrogens with zero attached hydrogens (tertiary/aromatic N) is 1. The average molecular weight is 419 g/mol. The minimum absolute atomic E-state index is 0.299. The van der Waals surface area contributed by atoms with E-state index in [-0.39, 0.29) is 11.8 Å². The fourth-order valence-electron chi connectivity index (χ4n) is 2.03. The molecule has 1 aliphatic heterocycles. The largest absolute Gasteiger partial charge is 0.285 e. The molecule has 1 aliphatic rings. The second-order valence-electron chi connectivity index (χ2n) is 4.88. The molecule has 1 N–H and O–H groups in total. The molecule has 0 atom stereocenters. The molecule has 0 aliphatic carbocycles. The molecule has 3 rings (SSSR count). The zero-order valence-electron chi connectivity index (χ0n) is 12.2. The molecule has 1 saturated heterocycles. The smallest absolute Gasteiger partial charge is 0.267 e. The van der Waals surface area contributed by atoms with Crippen LogP contribution in [-0.2, 0) is 4.79 Å². The number of hydrazine groups is 1. The number of halogens is 1. The number of nitrogens with one attached hydrogen (secondary N) is 1. The zero-order chi connectivity index (χ0) is 17.1. The number of hydrogen-bond acceptors (Lipinski definition) is 4. The third kappa shape index (κ3) is 3.75. The third-order valence-corrected chi connectivity index (χ3v) is 5.04. The van der Waals surface area contributed by atoms with Crippen LogP contribution in [0.25, 0.3) is 6.08 Å². The lowest BCUT2D eigenvalue weighted by Crippen LogP contribution is -2.44. The van der Waals surface area contributed by atoms with Crippen molar-refractivity contribution in [1.29, 1.82) is 0 Å². The number of thiocarbonyl (C=S) groups is 1. The SMILES string of the molecule is O=C(NN1C(=O)/C(=C\c2ccc(Br)cc2)SC1=S)c1ccccc1. The maximum Gasteiger partial charge on any atom is 0.285 e. The van der Waals surface area contributed by atoms with E-state index in [0.717, 1.165) is 26.8 Å².